The molecule has 0 amide bonds. The fourth-order valence-corrected chi connectivity index (χ4v) is 11.0. The number of unbranched alkanes of at least 4 members (excludes halogenated alkanes) is 28. The van der Waals surface area contributed by atoms with Crippen LogP contribution in [-0.2, 0) is 45.9 Å². The van der Waals surface area contributed by atoms with Gasteiger partial charge in [0.25, 0.3) is 0 Å². The van der Waals surface area contributed by atoms with Crippen LogP contribution in [0.4, 0.5) is 0 Å². The molecule has 384 valence electrons. The molecule has 0 aliphatic heterocycles. The predicted molar refractivity (Wildman–Crippen MR) is 295 cm³/mol. The molecular formula is C60H94CaO6S2. The molecular weight excluding hydrogens is 921 g/mol. The molecule has 69 heavy (non-hydrogen) atoms. The summed E-state index contributed by atoms with van der Waals surface area (Å²) in [6.45, 7) is 8.96. The summed E-state index contributed by atoms with van der Waals surface area (Å²) in [4.78, 5) is -0.143. The van der Waals surface area contributed by atoms with Gasteiger partial charge in [-0.3, -0.25) is 0 Å². The van der Waals surface area contributed by atoms with Gasteiger partial charge in [-0.25, -0.2) is 16.8 Å². The van der Waals surface area contributed by atoms with Crippen LogP contribution < -0.4 is 0 Å². The van der Waals surface area contributed by atoms with Crippen LogP contribution in [0.1, 0.15) is 255 Å². The van der Waals surface area contributed by atoms with E-state index in [2.05, 4.69) is 64.1 Å². The van der Waals surface area contributed by atoms with Crippen LogP contribution in [0.2, 0.25) is 0 Å². The summed E-state index contributed by atoms with van der Waals surface area (Å²) in [5, 5.41) is 4.15. The SMILES string of the molecule is CCCCCCCCCCc1cc(S(=O)(=O)[O-])cc2c(CCCCCCCCCC)cccc12.CCCCCCCCCCc1cc(S(=O)(=O)[O-])cc2c(CCCCCCCCCC)cccc12.[Ca+2]. The van der Waals surface area contributed by atoms with E-state index in [0.29, 0.717) is 0 Å². The summed E-state index contributed by atoms with van der Waals surface area (Å²) in [5.74, 6) is 0. The van der Waals surface area contributed by atoms with Crippen LogP contribution in [0.3, 0.4) is 0 Å². The van der Waals surface area contributed by atoms with Crippen molar-refractivity contribution in [2.75, 3.05) is 0 Å². The Bertz CT molecular complexity index is 2030. The zero-order chi connectivity index (χ0) is 49.3. The molecule has 0 aliphatic rings. The van der Waals surface area contributed by atoms with Gasteiger partial charge in [0, 0.05) is 0 Å². The van der Waals surface area contributed by atoms with Gasteiger partial charge in [0.2, 0.25) is 0 Å². The molecule has 0 unspecified atom stereocenters. The van der Waals surface area contributed by atoms with Crippen LogP contribution in [0.15, 0.2) is 70.5 Å². The molecule has 4 rings (SSSR count). The Morgan fingerprint density at radius 3 is 0.783 bits per heavy atom. The minimum atomic E-state index is -4.47. The Hall–Kier alpha value is -1.52. The van der Waals surface area contributed by atoms with Crippen molar-refractivity contribution in [2.24, 2.45) is 0 Å². The molecule has 0 saturated carbocycles. The van der Waals surface area contributed by atoms with E-state index in [4.69, 9.17) is 0 Å². The Balaban J connectivity index is 0.000000467. The Labute approximate surface area is 453 Å². The summed E-state index contributed by atoms with van der Waals surface area (Å²) < 4.78 is 71.4. The average molecular weight is 1020 g/mol. The topological polar surface area (TPSA) is 114 Å². The first kappa shape index (κ1) is 63.6. The smallest absolute Gasteiger partial charge is 0.744 e. The second kappa shape index (κ2) is 38.1. The molecule has 0 N–H and O–H groups in total. The van der Waals surface area contributed by atoms with Gasteiger partial charge in [0.1, 0.15) is 20.2 Å². The van der Waals surface area contributed by atoms with E-state index in [1.807, 2.05) is 0 Å². The first-order chi connectivity index (χ1) is 32.9. The fourth-order valence-electron chi connectivity index (χ4n) is 9.93. The van der Waals surface area contributed by atoms with E-state index in [0.717, 1.165) is 96.9 Å². The molecule has 0 heterocycles. The third-order valence-electron chi connectivity index (χ3n) is 14.1. The van der Waals surface area contributed by atoms with Crippen LogP contribution in [-0.4, -0.2) is 63.7 Å². The van der Waals surface area contributed by atoms with Crippen LogP contribution in [0.5, 0.6) is 0 Å². The van der Waals surface area contributed by atoms with E-state index in [1.54, 1.807) is 24.3 Å². The van der Waals surface area contributed by atoms with Crippen molar-refractivity contribution in [2.45, 2.75) is 269 Å². The first-order valence-corrected chi connectivity index (χ1v) is 30.8. The van der Waals surface area contributed by atoms with Crippen LogP contribution in [0.25, 0.3) is 21.5 Å². The molecule has 9 heteroatoms. The molecule has 4 aromatic rings. The van der Waals surface area contributed by atoms with E-state index in [1.165, 1.54) is 178 Å². The van der Waals surface area contributed by atoms with Crippen molar-refractivity contribution in [1.29, 1.82) is 0 Å². The molecule has 0 spiro atoms. The predicted octanol–water partition coefficient (Wildman–Crippen LogP) is 17.8. The molecule has 6 nitrogen and oxygen atoms in total. The number of benzene rings is 4. The van der Waals surface area contributed by atoms with Crippen molar-refractivity contribution >= 4 is 79.5 Å². The zero-order valence-electron chi connectivity index (χ0n) is 44.2. The van der Waals surface area contributed by atoms with Crippen molar-refractivity contribution in [3.63, 3.8) is 0 Å². The number of hydrogen-bond acceptors (Lipinski definition) is 6. The Kier molecular flexibility index (Phi) is 35.1. The van der Waals surface area contributed by atoms with Gasteiger partial charge in [-0.05, 0) is 119 Å². The van der Waals surface area contributed by atoms with Crippen molar-refractivity contribution in [3.8, 4) is 0 Å². The standard InChI is InChI=1S/2C30H48O3S.Ca/c2*1-3-5-7-9-11-13-15-17-20-26-22-19-23-29-27(21-18-16-14-12-10-8-6-4-2)24-28(25-30(26)29)34(31,32)33;/h2*19,22-25H,3-18,20-21H2,1-2H3,(H,31,32,33);/q;;+2/p-2. The van der Waals surface area contributed by atoms with Crippen LogP contribution >= 0.6 is 0 Å². The van der Waals surface area contributed by atoms with E-state index in [9.17, 15) is 25.9 Å². The van der Waals surface area contributed by atoms with Gasteiger partial charge >= 0.3 is 37.7 Å². The number of aryl methyl sites for hydroxylation is 4. The number of fused-ring (bicyclic) bond motifs is 2. The second-order valence-electron chi connectivity index (χ2n) is 20.0. The van der Waals surface area contributed by atoms with Crippen molar-refractivity contribution in [3.05, 3.63) is 82.9 Å². The van der Waals surface area contributed by atoms with Crippen molar-refractivity contribution in [1.82, 2.24) is 0 Å². The normalized spacial score (nSPS) is 11.8. The molecule has 0 saturated heterocycles. The summed E-state index contributed by atoms with van der Waals surface area (Å²) in [6.07, 6.45) is 43.7. The van der Waals surface area contributed by atoms with E-state index in [-0.39, 0.29) is 47.5 Å². The molecule has 0 aliphatic carbocycles. The number of hydrogen-bond donors (Lipinski definition) is 0. The monoisotopic (exact) mass is 1010 g/mol. The molecule has 4 aromatic carbocycles. The maximum Gasteiger partial charge on any atom is 2.00 e. The minimum absolute atomic E-state index is 0. The summed E-state index contributed by atoms with van der Waals surface area (Å²) in [7, 11) is -8.94. The number of rotatable bonds is 38. The van der Waals surface area contributed by atoms with E-state index < -0.39 is 20.2 Å². The fraction of sp³-hybridized carbons (Fsp3) is 0.667. The van der Waals surface area contributed by atoms with Gasteiger partial charge in [0.15, 0.2) is 0 Å². The molecule has 0 fully saturated rings. The van der Waals surface area contributed by atoms with Crippen LogP contribution in [0, 0.1) is 0 Å². The summed E-state index contributed by atoms with van der Waals surface area (Å²) in [5.41, 5.74) is 4.36. The first-order valence-electron chi connectivity index (χ1n) is 27.9. The summed E-state index contributed by atoms with van der Waals surface area (Å²) >= 11 is 0. The maximum atomic E-state index is 11.9. The minimum Gasteiger partial charge on any atom is -0.744 e. The largest absolute Gasteiger partial charge is 2.00 e. The molecule has 0 radical (unpaired) electrons. The average Bonchev–Trinajstić information content (AvgIpc) is 3.32. The van der Waals surface area contributed by atoms with Gasteiger partial charge in [0.05, 0.1) is 9.79 Å². The summed E-state index contributed by atoms with van der Waals surface area (Å²) in [6, 6.07) is 19.1. The Morgan fingerprint density at radius 2 is 0.536 bits per heavy atom. The maximum absolute atomic E-state index is 11.9. The van der Waals surface area contributed by atoms with Gasteiger partial charge in [-0.2, -0.15) is 0 Å². The Morgan fingerprint density at radius 1 is 0.304 bits per heavy atom. The van der Waals surface area contributed by atoms with Crippen molar-refractivity contribution < 1.29 is 25.9 Å². The zero-order valence-corrected chi connectivity index (χ0v) is 48.0. The van der Waals surface area contributed by atoms with E-state index >= 15 is 0 Å². The third kappa shape index (κ3) is 26.3. The quantitative estimate of drug-likeness (QED) is 0.0251. The molecule has 0 atom stereocenters. The third-order valence-corrected chi connectivity index (χ3v) is 15.7. The second-order valence-corrected chi connectivity index (χ2v) is 22.8. The van der Waals surface area contributed by atoms with Gasteiger partial charge < -0.3 is 9.11 Å². The van der Waals surface area contributed by atoms with Gasteiger partial charge in [-0.15, -0.1) is 0 Å². The molecule has 0 aromatic heterocycles. The molecule has 0 bridgehead atoms. The van der Waals surface area contributed by atoms with Gasteiger partial charge in [-0.1, -0.05) is 244 Å².